The van der Waals surface area contributed by atoms with Gasteiger partial charge in [0.25, 0.3) is 0 Å². The summed E-state index contributed by atoms with van der Waals surface area (Å²) in [5.41, 5.74) is 2.87. The van der Waals surface area contributed by atoms with Crippen LogP contribution in [-0.2, 0) is 0 Å². The fourth-order valence-corrected chi connectivity index (χ4v) is 7.54. The largest absolute Gasteiger partial charge is 0.504 e. The number of anilines is 3. The van der Waals surface area contributed by atoms with E-state index in [9.17, 15) is 30.6 Å². The molecule has 0 atom stereocenters. The minimum absolute atomic E-state index is 0.0133. The van der Waals surface area contributed by atoms with E-state index < -0.39 is 28.7 Å². The minimum atomic E-state index is -1.03. The van der Waals surface area contributed by atoms with Crippen LogP contribution in [0.1, 0.15) is 0 Å². The van der Waals surface area contributed by atoms with E-state index in [1.807, 2.05) is 47.4 Å². The van der Waals surface area contributed by atoms with Crippen molar-refractivity contribution >= 4 is 87.2 Å². The molecule has 0 amide bonds. The van der Waals surface area contributed by atoms with Gasteiger partial charge in [0.05, 0.1) is 16.9 Å². The van der Waals surface area contributed by atoms with Gasteiger partial charge in [-0.05, 0) is 68.9 Å². The highest BCUT2D eigenvalue weighted by Crippen LogP contribution is 2.56. The summed E-state index contributed by atoms with van der Waals surface area (Å²) in [7, 11) is 0. The Kier molecular flexibility index (Phi) is 6.09. The average Bonchev–Trinajstić information content (AvgIpc) is 3.51. The van der Waals surface area contributed by atoms with Gasteiger partial charge in [0, 0.05) is 26.3 Å². The number of benzene rings is 8. The number of furan rings is 1. The van der Waals surface area contributed by atoms with Crippen LogP contribution < -0.4 is 4.90 Å². The summed E-state index contributed by atoms with van der Waals surface area (Å²) in [5, 5.41) is 71.0. The first-order valence-electron chi connectivity index (χ1n) is 15.3. The average molecular weight is 711 g/mol. The van der Waals surface area contributed by atoms with Gasteiger partial charge in [0.1, 0.15) is 0 Å². The second-order valence-corrected chi connectivity index (χ2v) is 12.8. The van der Waals surface area contributed by atoms with Gasteiger partial charge in [-0.2, -0.15) is 0 Å². The van der Waals surface area contributed by atoms with E-state index in [4.69, 9.17) is 4.42 Å². The van der Waals surface area contributed by atoms with Crippen LogP contribution in [0, 0.1) is 0 Å². The number of fused-ring (bicyclic) bond motifs is 3. The molecule has 0 radical (unpaired) electrons. The second kappa shape index (κ2) is 10.3. The summed E-state index contributed by atoms with van der Waals surface area (Å²) < 4.78 is 7.39. The van der Waals surface area contributed by atoms with E-state index in [0.717, 1.165) is 53.2 Å². The number of phenols is 6. The molecule has 0 fully saturated rings. The highest BCUT2D eigenvalue weighted by Gasteiger charge is 2.27. The number of hydrogen-bond acceptors (Lipinski definition) is 8. The molecular formula is C40H24BrNO7. The lowest BCUT2D eigenvalue weighted by Crippen LogP contribution is -2.11. The highest BCUT2D eigenvalue weighted by atomic mass is 79.9. The highest BCUT2D eigenvalue weighted by molar-refractivity contribution is 9.10. The zero-order valence-electron chi connectivity index (χ0n) is 25.3. The van der Waals surface area contributed by atoms with Crippen molar-refractivity contribution in [3.8, 4) is 45.6 Å². The van der Waals surface area contributed by atoms with Crippen molar-refractivity contribution in [2.45, 2.75) is 0 Å². The number of para-hydroxylation sites is 2. The maximum atomic E-state index is 10.8. The molecule has 6 N–H and O–H groups in total. The summed E-state index contributed by atoms with van der Waals surface area (Å²) in [6.45, 7) is 0. The van der Waals surface area contributed by atoms with Crippen molar-refractivity contribution in [1.29, 1.82) is 0 Å². The van der Waals surface area contributed by atoms with E-state index in [-0.39, 0.29) is 16.9 Å². The molecule has 0 spiro atoms. The Morgan fingerprint density at radius 3 is 1.84 bits per heavy atom. The van der Waals surface area contributed by atoms with Gasteiger partial charge in [-0.1, -0.05) is 88.7 Å². The summed E-state index contributed by atoms with van der Waals surface area (Å²) in [4.78, 5) is 2.00. The number of phenolic OH excluding ortho intramolecular Hbond substituents is 6. The molecule has 9 aromatic rings. The normalized spacial score (nSPS) is 11.9. The Balaban J connectivity index is 1.38. The van der Waals surface area contributed by atoms with Crippen LogP contribution in [0.5, 0.6) is 34.5 Å². The first kappa shape index (κ1) is 28.9. The summed E-state index contributed by atoms with van der Waals surface area (Å²) in [6.07, 6.45) is 0. The molecule has 0 saturated carbocycles. The van der Waals surface area contributed by atoms with Gasteiger partial charge in [-0.15, -0.1) is 0 Å². The predicted octanol–water partition coefficient (Wildman–Crippen LogP) is 10.6. The fourth-order valence-electron chi connectivity index (χ4n) is 7.08. The molecule has 1 aromatic heterocycles. The Bertz CT molecular complexity index is 2800. The van der Waals surface area contributed by atoms with E-state index in [1.165, 1.54) is 0 Å². The third kappa shape index (κ3) is 4.03. The lowest BCUT2D eigenvalue weighted by Gasteiger charge is -2.28. The van der Waals surface area contributed by atoms with E-state index in [2.05, 4.69) is 52.3 Å². The topological polar surface area (TPSA) is 138 Å². The van der Waals surface area contributed by atoms with Crippen LogP contribution >= 0.6 is 15.9 Å². The van der Waals surface area contributed by atoms with Gasteiger partial charge in [-0.3, -0.25) is 0 Å². The molecule has 0 bridgehead atoms. The smallest absolute Gasteiger partial charge is 0.208 e. The molecule has 0 aliphatic heterocycles. The molecule has 0 aliphatic rings. The summed E-state index contributed by atoms with van der Waals surface area (Å²) >= 11 is 3.73. The number of nitrogens with zero attached hydrogens (tertiary/aromatic N) is 1. The molecule has 238 valence electrons. The summed E-state index contributed by atoms with van der Waals surface area (Å²) in [5.74, 6) is -4.52. The van der Waals surface area contributed by atoms with Gasteiger partial charge < -0.3 is 40.0 Å². The molecule has 9 rings (SSSR count). The lowest BCUT2D eigenvalue weighted by molar-refractivity contribution is 0.330. The van der Waals surface area contributed by atoms with Crippen molar-refractivity contribution in [3.05, 3.63) is 114 Å². The molecule has 8 nitrogen and oxygen atoms in total. The predicted molar refractivity (Wildman–Crippen MR) is 195 cm³/mol. The first-order valence-corrected chi connectivity index (χ1v) is 16.1. The molecule has 1 heterocycles. The fraction of sp³-hybridized carbons (Fsp3) is 0. The third-order valence-electron chi connectivity index (χ3n) is 9.32. The minimum Gasteiger partial charge on any atom is -0.504 e. The number of hydrogen-bond donors (Lipinski definition) is 6. The molecule has 0 saturated heterocycles. The van der Waals surface area contributed by atoms with E-state index >= 15 is 0 Å². The van der Waals surface area contributed by atoms with Crippen LogP contribution in [-0.4, -0.2) is 30.6 Å². The van der Waals surface area contributed by atoms with Crippen molar-refractivity contribution in [3.63, 3.8) is 0 Å². The number of rotatable bonds is 4. The lowest BCUT2D eigenvalue weighted by atomic mass is 9.93. The van der Waals surface area contributed by atoms with Gasteiger partial charge in [-0.25, -0.2) is 0 Å². The Morgan fingerprint density at radius 2 is 1.08 bits per heavy atom. The van der Waals surface area contributed by atoms with Crippen LogP contribution in [0.2, 0.25) is 0 Å². The van der Waals surface area contributed by atoms with Crippen molar-refractivity contribution < 1.29 is 35.1 Å². The molecular weight excluding hydrogens is 686 g/mol. The molecule has 49 heavy (non-hydrogen) atoms. The van der Waals surface area contributed by atoms with E-state index in [0.29, 0.717) is 22.5 Å². The van der Waals surface area contributed by atoms with Gasteiger partial charge >= 0.3 is 0 Å². The SMILES string of the molecule is Oc1c(O)c(O)c(-c2cccc(N(c3ccc4ccc5c(Br)ccc6ccc3c4c65)c3cccc4c3oc3c(O)cccc34)c2)c(O)c1O. The summed E-state index contributed by atoms with van der Waals surface area (Å²) in [6, 6.07) is 34.4. The molecule has 0 aliphatic carbocycles. The number of halogens is 1. The van der Waals surface area contributed by atoms with Crippen molar-refractivity contribution in [2.24, 2.45) is 0 Å². The second-order valence-electron chi connectivity index (χ2n) is 12.0. The monoisotopic (exact) mass is 709 g/mol. The molecule has 8 aromatic carbocycles. The Morgan fingerprint density at radius 1 is 0.490 bits per heavy atom. The van der Waals surface area contributed by atoms with Crippen LogP contribution in [0.3, 0.4) is 0 Å². The Labute approximate surface area is 285 Å². The maximum Gasteiger partial charge on any atom is 0.208 e. The first-order chi connectivity index (χ1) is 23.7. The maximum absolute atomic E-state index is 10.8. The van der Waals surface area contributed by atoms with Crippen LogP contribution in [0.4, 0.5) is 17.1 Å². The molecule has 9 heteroatoms. The zero-order chi connectivity index (χ0) is 33.7. The van der Waals surface area contributed by atoms with Crippen LogP contribution in [0.25, 0.3) is 65.4 Å². The quantitative estimate of drug-likeness (QED) is 0.0603. The van der Waals surface area contributed by atoms with Crippen LogP contribution in [0.15, 0.2) is 118 Å². The van der Waals surface area contributed by atoms with E-state index in [1.54, 1.807) is 30.3 Å². The zero-order valence-corrected chi connectivity index (χ0v) is 26.9. The molecule has 0 unspecified atom stereocenters. The van der Waals surface area contributed by atoms with Crippen molar-refractivity contribution in [2.75, 3.05) is 4.90 Å². The van der Waals surface area contributed by atoms with Gasteiger partial charge in [0.2, 0.25) is 17.2 Å². The third-order valence-corrected chi connectivity index (χ3v) is 10.0. The van der Waals surface area contributed by atoms with Gasteiger partial charge in [0.15, 0.2) is 28.4 Å². The Hall–Kier alpha value is -6.32. The standard InChI is InChI=1S/C40H24BrNO7/c41-27-16-12-19-11-15-26-28(17-13-20-10-14-25(27)31(19)32(20)26)42(29-8-2-6-23-24-7-3-9-30(43)40(24)49-39(23)29)22-5-1-4-21(18-22)33-34(44)36(46)38(48)37(47)35(33)45/h1-18,43-48H. The number of aromatic hydroxyl groups is 6. The van der Waals surface area contributed by atoms with Crippen molar-refractivity contribution in [1.82, 2.24) is 0 Å².